The predicted molar refractivity (Wildman–Crippen MR) is 114 cm³/mol. The normalized spacial score (nSPS) is 11.5. The summed E-state index contributed by atoms with van der Waals surface area (Å²) in [6.07, 6.45) is 4.07. The van der Waals surface area contributed by atoms with Crippen LogP contribution in [0.1, 0.15) is 61.5 Å². The lowest BCUT2D eigenvalue weighted by molar-refractivity contribution is 0.0972. The van der Waals surface area contributed by atoms with E-state index in [9.17, 15) is 4.79 Å². The number of nitrogens with one attached hydrogen (secondary N) is 2. The van der Waals surface area contributed by atoms with Gasteiger partial charge >= 0.3 is 0 Å². The Balaban J connectivity index is 1.97. The second kappa shape index (κ2) is 11.3. The Labute approximate surface area is 167 Å². The molecule has 27 heavy (non-hydrogen) atoms. The average Bonchev–Trinajstić information content (AvgIpc) is 2.70. The zero-order valence-electron chi connectivity index (χ0n) is 16.0. The van der Waals surface area contributed by atoms with Gasteiger partial charge in [0.1, 0.15) is 5.75 Å². The van der Waals surface area contributed by atoms with Crippen LogP contribution in [0.25, 0.3) is 0 Å². The summed E-state index contributed by atoms with van der Waals surface area (Å²) in [5.74, 6) is 0.325. The summed E-state index contributed by atoms with van der Waals surface area (Å²) < 4.78 is 5.79. The van der Waals surface area contributed by atoms with Gasteiger partial charge in [0.05, 0.1) is 18.2 Å². The standard InChI is InChI=1S/C22H28N2O2S/c1-3-5-11-16-26-20-15-10-9-14-18(20)21(25)24-22(27)23-19(4-2)17-12-7-6-8-13-17/h6-10,12-15,19H,3-5,11,16H2,1-2H3,(H2,23,24,25,27). The van der Waals surface area contributed by atoms with Crippen LogP contribution in [-0.2, 0) is 0 Å². The maximum Gasteiger partial charge on any atom is 0.261 e. The summed E-state index contributed by atoms with van der Waals surface area (Å²) in [7, 11) is 0. The number of benzene rings is 2. The molecule has 0 saturated carbocycles. The quantitative estimate of drug-likeness (QED) is 0.471. The number of rotatable bonds is 9. The van der Waals surface area contributed by atoms with Gasteiger partial charge in [-0.25, -0.2) is 0 Å². The highest BCUT2D eigenvalue weighted by Crippen LogP contribution is 2.19. The van der Waals surface area contributed by atoms with Gasteiger partial charge in [0, 0.05) is 0 Å². The summed E-state index contributed by atoms with van der Waals surface area (Å²) >= 11 is 5.35. The van der Waals surface area contributed by atoms with Crippen molar-refractivity contribution in [2.45, 2.75) is 45.6 Å². The van der Waals surface area contributed by atoms with Crippen molar-refractivity contribution in [3.8, 4) is 5.75 Å². The van der Waals surface area contributed by atoms with Crippen molar-refractivity contribution in [3.05, 3.63) is 65.7 Å². The average molecular weight is 385 g/mol. The fraction of sp³-hybridized carbons (Fsp3) is 0.364. The third-order valence-corrected chi connectivity index (χ3v) is 4.50. The van der Waals surface area contributed by atoms with E-state index < -0.39 is 0 Å². The molecule has 0 aliphatic heterocycles. The maximum atomic E-state index is 12.7. The predicted octanol–water partition coefficient (Wildman–Crippen LogP) is 5.01. The van der Waals surface area contributed by atoms with Gasteiger partial charge in [0.25, 0.3) is 5.91 Å². The Hall–Kier alpha value is -2.40. The highest BCUT2D eigenvalue weighted by molar-refractivity contribution is 7.80. The Morgan fingerprint density at radius 2 is 1.74 bits per heavy atom. The molecule has 0 heterocycles. The van der Waals surface area contributed by atoms with Gasteiger partial charge in [-0.1, -0.05) is 69.2 Å². The van der Waals surface area contributed by atoms with Crippen LogP contribution in [0.15, 0.2) is 54.6 Å². The van der Waals surface area contributed by atoms with E-state index in [1.807, 2.05) is 48.5 Å². The van der Waals surface area contributed by atoms with E-state index in [4.69, 9.17) is 17.0 Å². The van der Waals surface area contributed by atoms with Crippen LogP contribution >= 0.6 is 12.2 Å². The molecule has 2 aromatic carbocycles. The second-order valence-electron chi connectivity index (χ2n) is 6.35. The third kappa shape index (κ3) is 6.68. The fourth-order valence-electron chi connectivity index (χ4n) is 2.79. The lowest BCUT2D eigenvalue weighted by Gasteiger charge is -2.20. The summed E-state index contributed by atoms with van der Waals surface area (Å²) in [6, 6.07) is 17.4. The minimum Gasteiger partial charge on any atom is -0.493 e. The van der Waals surface area contributed by atoms with Crippen LogP contribution in [0.2, 0.25) is 0 Å². The molecule has 2 N–H and O–H groups in total. The van der Waals surface area contributed by atoms with E-state index in [-0.39, 0.29) is 11.9 Å². The molecule has 2 rings (SSSR count). The first-order valence-electron chi connectivity index (χ1n) is 9.54. The molecule has 0 aromatic heterocycles. The zero-order chi connectivity index (χ0) is 19.5. The molecule has 5 heteroatoms. The van der Waals surface area contributed by atoms with E-state index >= 15 is 0 Å². The molecule has 144 valence electrons. The topological polar surface area (TPSA) is 50.4 Å². The minimum absolute atomic E-state index is 0.0551. The number of carbonyl (C=O) groups excluding carboxylic acids is 1. The summed E-state index contributed by atoms with van der Waals surface area (Å²) in [5, 5.41) is 6.31. The Bertz CT molecular complexity index is 734. The highest BCUT2D eigenvalue weighted by Gasteiger charge is 2.16. The van der Waals surface area contributed by atoms with Crippen molar-refractivity contribution in [2.75, 3.05) is 6.61 Å². The monoisotopic (exact) mass is 384 g/mol. The Morgan fingerprint density at radius 3 is 2.44 bits per heavy atom. The van der Waals surface area contributed by atoms with Gasteiger partial charge in [0.15, 0.2) is 5.11 Å². The maximum absolute atomic E-state index is 12.7. The molecule has 1 unspecified atom stereocenters. The van der Waals surface area contributed by atoms with E-state index in [2.05, 4.69) is 24.5 Å². The van der Waals surface area contributed by atoms with Crippen molar-refractivity contribution < 1.29 is 9.53 Å². The molecular weight excluding hydrogens is 356 g/mol. The number of unbranched alkanes of at least 4 members (excludes halogenated alkanes) is 2. The lowest BCUT2D eigenvalue weighted by Crippen LogP contribution is -2.41. The van der Waals surface area contributed by atoms with E-state index in [1.54, 1.807) is 6.07 Å². The molecule has 0 spiro atoms. The molecule has 4 nitrogen and oxygen atoms in total. The van der Waals surface area contributed by atoms with Gasteiger partial charge < -0.3 is 10.1 Å². The molecular formula is C22H28N2O2S. The number of amides is 1. The van der Waals surface area contributed by atoms with Crippen molar-refractivity contribution in [1.29, 1.82) is 0 Å². The van der Waals surface area contributed by atoms with E-state index in [0.29, 0.717) is 23.0 Å². The molecule has 0 radical (unpaired) electrons. The van der Waals surface area contributed by atoms with Crippen LogP contribution in [0.3, 0.4) is 0 Å². The van der Waals surface area contributed by atoms with Crippen molar-refractivity contribution >= 4 is 23.2 Å². The van der Waals surface area contributed by atoms with Gasteiger partial charge in [-0.2, -0.15) is 0 Å². The summed E-state index contributed by atoms with van der Waals surface area (Å²) in [5.41, 5.74) is 1.63. The largest absolute Gasteiger partial charge is 0.493 e. The van der Waals surface area contributed by atoms with Gasteiger partial charge in [-0.3, -0.25) is 10.1 Å². The fourth-order valence-corrected chi connectivity index (χ4v) is 3.02. The smallest absolute Gasteiger partial charge is 0.261 e. The second-order valence-corrected chi connectivity index (χ2v) is 6.76. The lowest BCUT2D eigenvalue weighted by atomic mass is 10.1. The molecule has 1 atom stereocenters. The Kier molecular flexibility index (Phi) is 8.78. The third-order valence-electron chi connectivity index (χ3n) is 4.28. The van der Waals surface area contributed by atoms with E-state index in [0.717, 1.165) is 31.2 Å². The molecule has 0 bridgehead atoms. The minimum atomic E-state index is -0.262. The summed E-state index contributed by atoms with van der Waals surface area (Å²) in [4.78, 5) is 12.7. The number of ether oxygens (including phenoxy) is 1. The molecule has 2 aromatic rings. The number of hydrogen-bond donors (Lipinski definition) is 2. The first-order chi connectivity index (χ1) is 13.2. The number of thiocarbonyl (C=S) groups is 1. The van der Waals surface area contributed by atoms with Crippen molar-refractivity contribution in [2.24, 2.45) is 0 Å². The van der Waals surface area contributed by atoms with Crippen molar-refractivity contribution in [3.63, 3.8) is 0 Å². The number of hydrogen-bond acceptors (Lipinski definition) is 3. The van der Waals surface area contributed by atoms with Gasteiger partial charge in [-0.15, -0.1) is 0 Å². The molecule has 0 aliphatic rings. The van der Waals surface area contributed by atoms with E-state index in [1.165, 1.54) is 0 Å². The van der Waals surface area contributed by atoms with Crippen LogP contribution in [0.5, 0.6) is 5.75 Å². The van der Waals surface area contributed by atoms with Crippen molar-refractivity contribution in [1.82, 2.24) is 10.6 Å². The SMILES string of the molecule is CCCCCOc1ccccc1C(=O)NC(=S)NC(CC)c1ccccc1. The molecule has 0 aliphatic carbocycles. The van der Waals surface area contributed by atoms with Crippen LogP contribution in [0.4, 0.5) is 0 Å². The molecule has 1 amide bonds. The molecule has 0 saturated heterocycles. The first-order valence-corrected chi connectivity index (χ1v) is 9.95. The zero-order valence-corrected chi connectivity index (χ0v) is 16.9. The first kappa shape index (κ1) is 20.9. The molecule has 0 fully saturated rings. The van der Waals surface area contributed by atoms with Crippen LogP contribution < -0.4 is 15.4 Å². The van der Waals surface area contributed by atoms with Crippen LogP contribution in [-0.4, -0.2) is 17.6 Å². The summed E-state index contributed by atoms with van der Waals surface area (Å²) in [6.45, 7) is 4.83. The van der Waals surface area contributed by atoms with Gasteiger partial charge in [-0.05, 0) is 42.8 Å². The Morgan fingerprint density at radius 1 is 1.04 bits per heavy atom. The van der Waals surface area contributed by atoms with Crippen LogP contribution in [0, 0.1) is 0 Å². The number of para-hydroxylation sites is 1. The highest BCUT2D eigenvalue weighted by atomic mass is 32.1. The van der Waals surface area contributed by atoms with Gasteiger partial charge in [0.2, 0.25) is 0 Å². The number of carbonyl (C=O) groups is 1.